The molecule has 0 unspecified atom stereocenters. The van der Waals surface area contributed by atoms with Crippen molar-refractivity contribution in [3.8, 4) is 5.95 Å². The number of para-hydroxylation sites is 1. The van der Waals surface area contributed by atoms with Crippen LogP contribution in [-0.2, 0) is 0 Å². The zero-order valence-corrected chi connectivity index (χ0v) is 8.81. The number of hydrogen-bond acceptors (Lipinski definition) is 4. The number of nitrogens with two attached hydrogens (primary N) is 1. The molecule has 0 aliphatic carbocycles. The first-order valence-electron chi connectivity index (χ1n) is 5.17. The third kappa shape index (κ3) is 2.23. The van der Waals surface area contributed by atoms with Gasteiger partial charge in [0.1, 0.15) is 5.58 Å². The summed E-state index contributed by atoms with van der Waals surface area (Å²) in [7, 11) is 0. The van der Waals surface area contributed by atoms with Crippen molar-refractivity contribution in [2.24, 2.45) is 5.73 Å². The maximum atomic E-state index is 11.7. The second kappa shape index (κ2) is 4.81. The number of rotatable bonds is 4. The Morgan fingerprint density at radius 2 is 2.12 bits per heavy atom. The molecule has 84 valence electrons. The molecule has 16 heavy (non-hydrogen) atoms. The highest BCUT2D eigenvalue weighted by atomic mass is 16.6. The van der Waals surface area contributed by atoms with E-state index >= 15 is 0 Å². The molecule has 4 nitrogen and oxygen atoms in total. The van der Waals surface area contributed by atoms with Crippen LogP contribution < -0.4 is 15.9 Å². The monoisotopic (exact) mass is 219 g/mol. The van der Waals surface area contributed by atoms with Gasteiger partial charge < -0.3 is 14.9 Å². The lowest BCUT2D eigenvalue weighted by Gasteiger charge is -2.04. The van der Waals surface area contributed by atoms with E-state index in [1.165, 1.54) is 6.07 Å². The Bertz CT molecular complexity index is 533. The molecule has 0 bridgehead atoms. The van der Waals surface area contributed by atoms with E-state index in [4.69, 9.17) is 14.9 Å². The third-order valence-electron chi connectivity index (χ3n) is 2.20. The molecule has 2 aromatic rings. The number of hydrogen-bond donors (Lipinski definition) is 1. The van der Waals surface area contributed by atoms with Gasteiger partial charge in [-0.15, -0.1) is 0 Å². The van der Waals surface area contributed by atoms with Crippen LogP contribution in [0.15, 0.2) is 39.5 Å². The summed E-state index contributed by atoms with van der Waals surface area (Å²) < 4.78 is 10.7. The lowest BCUT2D eigenvalue weighted by Crippen LogP contribution is -2.08. The Kier molecular flexibility index (Phi) is 3.22. The van der Waals surface area contributed by atoms with Gasteiger partial charge in [0, 0.05) is 0 Å². The minimum absolute atomic E-state index is 0.0930. The molecule has 0 saturated heterocycles. The van der Waals surface area contributed by atoms with Gasteiger partial charge in [-0.2, -0.15) is 0 Å². The fourth-order valence-corrected chi connectivity index (χ4v) is 1.41. The maximum absolute atomic E-state index is 11.7. The molecule has 1 aromatic carbocycles. The van der Waals surface area contributed by atoms with Crippen LogP contribution in [0.5, 0.6) is 5.95 Å². The number of ether oxygens (including phenoxy) is 1. The summed E-state index contributed by atoms with van der Waals surface area (Å²) in [6.07, 6.45) is 0.733. The lowest BCUT2D eigenvalue weighted by atomic mass is 10.2. The van der Waals surface area contributed by atoms with Gasteiger partial charge in [-0.3, -0.25) is 4.79 Å². The molecule has 0 radical (unpaired) electrons. The zero-order chi connectivity index (χ0) is 11.4. The van der Waals surface area contributed by atoms with Gasteiger partial charge in [0.05, 0.1) is 18.1 Å². The van der Waals surface area contributed by atoms with E-state index in [9.17, 15) is 4.79 Å². The average molecular weight is 219 g/mol. The van der Waals surface area contributed by atoms with Crippen LogP contribution in [0, 0.1) is 0 Å². The molecule has 0 amide bonds. The normalized spacial score (nSPS) is 10.6. The van der Waals surface area contributed by atoms with Crippen molar-refractivity contribution in [2.45, 2.75) is 6.42 Å². The van der Waals surface area contributed by atoms with E-state index in [1.54, 1.807) is 18.2 Å². The minimum atomic E-state index is -0.0930. The van der Waals surface area contributed by atoms with Gasteiger partial charge in [0.25, 0.3) is 5.95 Å². The van der Waals surface area contributed by atoms with Crippen LogP contribution >= 0.6 is 0 Å². The van der Waals surface area contributed by atoms with E-state index in [0.29, 0.717) is 24.1 Å². The summed E-state index contributed by atoms with van der Waals surface area (Å²) in [4.78, 5) is 11.7. The van der Waals surface area contributed by atoms with Gasteiger partial charge >= 0.3 is 0 Å². The van der Waals surface area contributed by atoms with Crippen molar-refractivity contribution in [1.29, 1.82) is 0 Å². The Balaban J connectivity index is 2.31. The largest absolute Gasteiger partial charge is 0.465 e. The molecule has 1 heterocycles. The standard InChI is InChI=1S/C12H13NO3/c13-6-3-7-15-12-8-10(14)9-4-1-2-5-11(9)16-12/h1-2,4-5,8H,3,6-7,13H2. The maximum Gasteiger partial charge on any atom is 0.288 e. The van der Waals surface area contributed by atoms with Crippen LogP contribution in [0.4, 0.5) is 0 Å². The Morgan fingerprint density at radius 3 is 2.94 bits per heavy atom. The smallest absolute Gasteiger partial charge is 0.288 e. The predicted molar refractivity (Wildman–Crippen MR) is 61.7 cm³/mol. The summed E-state index contributed by atoms with van der Waals surface area (Å²) in [5.41, 5.74) is 5.79. The highest BCUT2D eigenvalue weighted by molar-refractivity contribution is 5.76. The molecule has 2 rings (SSSR count). The molecule has 4 heteroatoms. The molecular weight excluding hydrogens is 206 g/mol. The van der Waals surface area contributed by atoms with Gasteiger partial charge in [-0.05, 0) is 25.1 Å². The van der Waals surface area contributed by atoms with Gasteiger partial charge in [-0.1, -0.05) is 12.1 Å². The molecule has 0 aliphatic rings. The summed E-state index contributed by atoms with van der Waals surface area (Å²) in [6, 6.07) is 8.44. The summed E-state index contributed by atoms with van der Waals surface area (Å²) in [5.74, 6) is 0.247. The first kappa shape index (κ1) is 10.7. The summed E-state index contributed by atoms with van der Waals surface area (Å²) >= 11 is 0. The van der Waals surface area contributed by atoms with Crippen LogP contribution in [0.3, 0.4) is 0 Å². The van der Waals surface area contributed by atoms with Crippen LogP contribution in [0.25, 0.3) is 11.0 Å². The molecule has 0 spiro atoms. The topological polar surface area (TPSA) is 65.5 Å². The summed E-state index contributed by atoms with van der Waals surface area (Å²) in [5, 5.41) is 0.564. The minimum Gasteiger partial charge on any atom is -0.465 e. The molecular formula is C12H13NO3. The van der Waals surface area contributed by atoms with Crippen molar-refractivity contribution >= 4 is 11.0 Å². The highest BCUT2D eigenvalue weighted by Gasteiger charge is 2.04. The van der Waals surface area contributed by atoms with Crippen molar-refractivity contribution in [2.75, 3.05) is 13.2 Å². The molecule has 1 aromatic heterocycles. The average Bonchev–Trinajstić information content (AvgIpc) is 2.30. The fourth-order valence-electron chi connectivity index (χ4n) is 1.41. The van der Waals surface area contributed by atoms with E-state index in [1.807, 2.05) is 6.07 Å². The van der Waals surface area contributed by atoms with E-state index in [2.05, 4.69) is 0 Å². The van der Waals surface area contributed by atoms with E-state index in [-0.39, 0.29) is 11.4 Å². The van der Waals surface area contributed by atoms with E-state index in [0.717, 1.165) is 6.42 Å². The van der Waals surface area contributed by atoms with E-state index < -0.39 is 0 Å². The molecule has 0 fully saturated rings. The Labute approximate surface area is 92.6 Å². The van der Waals surface area contributed by atoms with Crippen LogP contribution in [-0.4, -0.2) is 13.2 Å². The van der Waals surface area contributed by atoms with Crippen LogP contribution in [0.1, 0.15) is 6.42 Å². The third-order valence-corrected chi connectivity index (χ3v) is 2.20. The number of fused-ring (bicyclic) bond motifs is 1. The molecule has 0 atom stereocenters. The fraction of sp³-hybridized carbons (Fsp3) is 0.250. The van der Waals surface area contributed by atoms with Crippen molar-refractivity contribution in [3.05, 3.63) is 40.6 Å². The van der Waals surface area contributed by atoms with Crippen LogP contribution in [0.2, 0.25) is 0 Å². The zero-order valence-electron chi connectivity index (χ0n) is 8.81. The molecule has 0 aliphatic heterocycles. The first-order valence-corrected chi connectivity index (χ1v) is 5.17. The van der Waals surface area contributed by atoms with Crippen molar-refractivity contribution in [3.63, 3.8) is 0 Å². The van der Waals surface area contributed by atoms with Gasteiger partial charge in [0.15, 0.2) is 5.43 Å². The lowest BCUT2D eigenvalue weighted by molar-refractivity contribution is 0.243. The second-order valence-corrected chi connectivity index (χ2v) is 3.42. The second-order valence-electron chi connectivity index (χ2n) is 3.42. The Morgan fingerprint density at radius 1 is 1.31 bits per heavy atom. The Hall–Kier alpha value is -1.81. The SMILES string of the molecule is NCCCOc1cc(=O)c2ccccc2o1. The summed E-state index contributed by atoms with van der Waals surface area (Å²) in [6.45, 7) is 1.01. The van der Waals surface area contributed by atoms with Gasteiger partial charge in [0.2, 0.25) is 0 Å². The van der Waals surface area contributed by atoms with Gasteiger partial charge in [-0.25, -0.2) is 0 Å². The highest BCUT2D eigenvalue weighted by Crippen LogP contribution is 2.16. The molecule has 2 N–H and O–H groups in total. The predicted octanol–water partition coefficient (Wildman–Crippen LogP) is 1.52. The van der Waals surface area contributed by atoms with Crippen molar-refractivity contribution < 1.29 is 9.15 Å². The molecule has 0 saturated carbocycles. The first-order chi connectivity index (χ1) is 7.81. The quantitative estimate of drug-likeness (QED) is 0.792. The van der Waals surface area contributed by atoms with Crippen molar-refractivity contribution in [1.82, 2.24) is 0 Å². The number of benzene rings is 1.